The number of piperazine rings is 1. The Kier molecular flexibility index (Phi) is 10.7. The third-order valence-electron chi connectivity index (χ3n) is 8.42. The maximum Gasteiger partial charge on any atom is 0.318 e. The van der Waals surface area contributed by atoms with Crippen LogP contribution in [-0.4, -0.2) is 85.7 Å². The predicted octanol–water partition coefficient (Wildman–Crippen LogP) is 3.91. The van der Waals surface area contributed by atoms with Gasteiger partial charge in [-0.3, -0.25) is 9.59 Å². The zero-order chi connectivity index (χ0) is 28.6. The monoisotopic (exact) mass is 555 g/mol. The van der Waals surface area contributed by atoms with Crippen molar-refractivity contribution in [2.24, 2.45) is 5.92 Å². The molecule has 1 aromatic carbocycles. The van der Waals surface area contributed by atoms with Gasteiger partial charge in [-0.05, 0) is 55.7 Å². The van der Waals surface area contributed by atoms with E-state index in [1.165, 1.54) is 6.42 Å². The molecule has 3 aliphatic rings. The van der Waals surface area contributed by atoms with Crippen LogP contribution in [0.5, 0.6) is 0 Å². The molecule has 1 aliphatic carbocycles. The van der Waals surface area contributed by atoms with E-state index in [0.717, 1.165) is 56.4 Å². The van der Waals surface area contributed by atoms with Crippen LogP contribution < -0.4 is 15.5 Å². The van der Waals surface area contributed by atoms with Gasteiger partial charge in [0.2, 0.25) is 11.8 Å². The molecule has 3 atom stereocenters. The summed E-state index contributed by atoms with van der Waals surface area (Å²) in [5.41, 5.74) is 2.13. The van der Waals surface area contributed by atoms with E-state index in [0.29, 0.717) is 26.1 Å². The standard InChI is InChI=1S/C31H49N5O4/c1-22(2)17-28-30(38)35(20-23-12-14-25(15-13-23)34(3)4)21-26(18-29(37)32-19-27-11-8-16-40-27)36(28)31(39)33-24-9-6-5-7-10-24/h12-15,22,24,26-28H,5-11,16-21H2,1-4H3,(H,32,37)(H,33,39)/t26-,27?,28-/m1/s1. The molecule has 9 nitrogen and oxygen atoms in total. The predicted molar refractivity (Wildman–Crippen MR) is 157 cm³/mol. The number of amides is 4. The molecule has 0 spiro atoms. The maximum atomic E-state index is 14.0. The lowest BCUT2D eigenvalue weighted by atomic mass is 9.93. The minimum atomic E-state index is -0.602. The summed E-state index contributed by atoms with van der Waals surface area (Å²) < 4.78 is 5.67. The molecule has 1 saturated carbocycles. The summed E-state index contributed by atoms with van der Waals surface area (Å²) in [5, 5.41) is 6.26. The molecule has 222 valence electrons. The van der Waals surface area contributed by atoms with Crippen molar-refractivity contribution < 1.29 is 19.1 Å². The zero-order valence-electron chi connectivity index (χ0n) is 24.9. The number of carbonyl (C=O) groups is 3. The van der Waals surface area contributed by atoms with Crippen molar-refractivity contribution in [2.75, 3.05) is 38.7 Å². The number of anilines is 1. The highest BCUT2D eigenvalue weighted by Crippen LogP contribution is 2.28. The van der Waals surface area contributed by atoms with E-state index in [2.05, 4.69) is 36.6 Å². The number of nitrogens with one attached hydrogen (secondary N) is 2. The summed E-state index contributed by atoms with van der Waals surface area (Å²) in [6.45, 7) is 6.15. The van der Waals surface area contributed by atoms with E-state index >= 15 is 0 Å². The van der Waals surface area contributed by atoms with E-state index in [-0.39, 0.29) is 42.3 Å². The van der Waals surface area contributed by atoms with Gasteiger partial charge >= 0.3 is 6.03 Å². The molecule has 40 heavy (non-hydrogen) atoms. The molecule has 0 radical (unpaired) electrons. The zero-order valence-corrected chi connectivity index (χ0v) is 24.9. The lowest BCUT2D eigenvalue weighted by Crippen LogP contribution is -2.66. The Morgan fingerprint density at radius 1 is 1.05 bits per heavy atom. The first-order valence-electron chi connectivity index (χ1n) is 15.2. The second-order valence-corrected chi connectivity index (χ2v) is 12.4. The van der Waals surface area contributed by atoms with Crippen LogP contribution in [0.25, 0.3) is 0 Å². The number of hydrogen-bond acceptors (Lipinski definition) is 5. The van der Waals surface area contributed by atoms with Crippen molar-refractivity contribution in [3.05, 3.63) is 29.8 Å². The first-order chi connectivity index (χ1) is 19.2. The van der Waals surface area contributed by atoms with Gasteiger partial charge in [0.1, 0.15) is 6.04 Å². The van der Waals surface area contributed by atoms with E-state index in [1.54, 1.807) is 4.90 Å². The van der Waals surface area contributed by atoms with Gasteiger partial charge < -0.3 is 30.1 Å². The molecule has 4 rings (SSSR count). The Balaban J connectivity index is 1.54. The van der Waals surface area contributed by atoms with E-state index in [4.69, 9.17) is 4.74 Å². The Morgan fingerprint density at radius 3 is 2.40 bits per heavy atom. The van der Waals surface area contributed by atoms with Crippen LogP contribution in [0.1, 0.15) is 77.2 Å². The quantitative estimate of drug-likeness (QED) is 0.457. The van der Waals surface area contributed by atoms with E-state index in [9.17, 15) is 14.4 Å². The number of nitrogens with zero attached hydrogens (tertiary/aromatic N) is 3. The summed E-state index contributed by atoms with van der Waals surface area (Å²) >= 11 is 0. The number of urea groups is 1. The van der Waals surface area contributed by atoms with Gasteiger partial charge in [-0.2, -0.15) is 0 Å². The smallest absolute Gasteiger partial charge is 0.318 e. The summed E-state index contributed by atoms with van der Waals surface area (Å²) in [6, 6.07) is 7.10. The Labute approximate surface area is 240 Å². The number of benzene rings is 1. The molecule has 2 N–H and O–H groups in total. The van der Waals surface area contributed by atoms with Crippen molar-refractivity contribution in [2.45, 2.75) is 102 Å². The summed E-state index contributed by atoms with van der Waals surface area (Å²) in [6.07, 6.45) is 8.06. The van der Waals surface area contributed by atoms with Crippen molar-refractivity contribution in [1.82, 2.24) is 20.4 Å². The van der Waals surface area contributed by atoms with Crippen molar-refractivity contribution in [1.29, 1.82) is 0 Å². The van der Waals surface area contributed by atoms with Crippen LogP contribution in [0, 0.1) is 5.92 Å². The highest BCUT2D eigenvalue weighted by molar-refractivity contribution is 5.89. The van der Waals surface area contributed by atoms with Gasteiger partial charge in [-0.15, -0.1) is 0 Å². The molecule has 9 heteroatoms. The van der Waals surface area contributed by atoms with Gasteiger partial charge in [0.05, 0.1) is 12.1 Å². The van der Waals surface area contributed by atoms with Crippen molar-refractivity contribution >= 4 is 23.5 Å². The number of carbonyl (C=O) groups excluding carboxylic acids is 3. The third-order valence-corrected chi connectivity index (χ3v) is 8.42. The SMILES string of the molecule is CC(C)C[C@@H]1C(=O)N(Cc2ccc(N(C)C)cc2)C[C@@H](CC(=O)NCC2CCCO2)N1C(=O)NC1CCCCC1. The fourth-order valence-corrected chi connectivity index (χ4v) is 6.23. The van der Waals surface area contributed by atoms with Crippen molar-refractivity contribution in [3.8, 4) is 0 Å². The first kappa shape index (κ1) is 30.2. The fourth-order valence-electron chi connectivity index (χ4n) is 6.23. The second kappa shape index (κ2) is 14.2. The molecule has 3 fully saturated rings. The highest BCUT2D eigenvalue weighted by atomic mass is 16.5. The van der Waals surface area contributed by atoms with Crippen LogP contribution in [0.15, 0.2) is 24.3 Å². The van der Waals surface area contributed by atoms with Crippen LogP contribution in [0.4, 0.5) is 10.5 Å². The van der Waals surface area contributed by atoms with E-state index < -0.39 is 12.1 Å². The van der Waals surface area contributed by atoms with Crippen molar-refractivity contribution in [3.63, 3.8) is 0 Å². The molecule has 4 amide bonds. The second-order valence-electron chi connectivity index (χ2n) is 12.4. The fraction of sp³-hybridized carbons (Fsp3) is 0.710. The molecule has 1 unspecified atom stereocenters. The molecule has 2 saturated heterocycles. The maximum absolute atomic E-state index is 14.0. The lowest BCUT2D eigenvalue weighted by molar-refractivity contribution is -0.145. The van der Waals surface area contributed by atoms with Crippen LogP contribution >= 0.6 is 0 Å². The summed E-state index contributed by atoms with van der Waals surface area (Å²) in [7, 11) is 4.00. The molecule has 2 aliphatic heterocycles. The molecule has 0 aromatic heterocycles. The average molecular weight is 556 g/mol. The van der Waals surface area contributed by atoms with Crippen LogP contribution in [0.2, 0.25) is 0 Å². The van der Waals surface area contributed by atoms with E-state index in [1.807, 2.05) is 36.0 Å². The molecule has 0 bridgehead atoms. The van der Waals surface area contributed by atoms with Gasteiger partial charge in [0, 0.05) is 58.5 Å². The summed E-state index contributed by atoms with van der Waals surface area (Å²) in [5.74, 6) is 0.0661. The highest BCUT2D eigenvalue weighted by Gasteiger charge is 2.44. The number of rotatable bonds is 10. The average Bonchev–Trinajstić information content (AvgIpc) is 3.44. The normalized spacial score (nSPS) is 23.9. The lowest BCUT2D eigenvalue weighted by Gasteiger charge is -2.47. The Morgan fingerprint density at radius 2 is 1.77 bits per heavy atom. The van der Waals surface area contributed by atoms with Crippen LogP contribution in [0.3, 0.4) is 0 Å². The van der Waals surface area contributed by atoms with Crippen LogP contribution in [-0.2, 0) is 20.9 Å². The summed E-state index contributed by atoms with van der Waals surface area (Å²) in [4.78, 5) is 46.6. The molecular formula is C31H49N5O4. The number of ether oxygens (including phenoxy) is 1. The van der Waals surface area contributed by atoms with Gasteiger partial charge in [0.15, 0.2) is 0 Å². The topological polar surface area (TPSA) is 94.2 Å². The Hall–Kier alpha value is -2.81. The molecule has 2 heterocycles. The third kappa shape index (κ3) is 8.12. The van der Waals surface area contributed by atoms with Gasteiger partial charge in [-0.25, -0.2) is 4.79 Å². The minimum Gasteiger partial charge on any atom is -0.378 e. The molecule has 1 aromatic rings. The first-order valence-corrected chi connectivity index (χ1v) is 15.2. The Bertz CT molecular complexity index is 986. The minimum absolute atomic E-state index is 0.0415. The number of hydrogen-bond donors (Lipinski definition) is 2. The van der Waals surface area contributed by atoms with Gasteiger partial charge in [-0.1, -0.05) is 45.2 Å². The van der Waals surface area contributed by atoms with Gasteiger partial charge in [0.25, 0.3) is 0 Å². The molecular weight excluding hydrogens is 506 g/mol. The largest absolute Gasteiger partial charge is 0.378 e.